The maximum atomic E-state index is 13.4. The maximum Gasteiger partial charge on any atom is 0.291 e. The SMILES string of the molecule is O=C(Cn1c(SC(F)F)nc2ccccc21)N1CCN(C(=O)c2cccc(F)c2)CC1. The molecule has 1 saturated heterocycles. The molecule has 0 atom stereocenters. The number of halogens is 3. The van der Waals surface area contributed by atoms with Crippen molar-refractivity contribution in [2.24, 2.45) is 0 Å². The second kappa shape index (κ2) is 9.01. The van der Waals surface area contributed by atoms with Gasteiger partial charge in [0.05, 0.1) is 11.0 Å². The second-order valence-corrected chi connectivity index (χ2v) is 7.99. The van der Waals surface area contributed by atoms with Crippen molar-refractivity contribution in [3.63, 3.8) is 0 Å². The van der Waals surface area contributed by atoms with E-state index >= 15 is 0 Å². The highest BCUT2D eigenvalue weighted by atomic mass is 32.2. The van der Waals surface area contributed by atoms with Crippen molar-refractivity contribution >= 4 is 34.6 Å². The smallest absolute Gasteiger partial charge is 0.291 e. The Morgan fingerprint density at radius 3 is 2.42 bits per heavy atom. The van der Waals surface area contributed by atoms with Gasteiger partial charge < -0.3 is 14.4 Å². The molecule has 0 spiro atoms. The number of amides is 2. The van der Waals surface area contributed by atoms with Gasteiger partial charge >= 0.3 is 0 Å². The van der Waals surface area contributed by atoms with Crippen LogP contribution in [-0.4, -0.2) is 63.1 Å². The van der Waals surface area contributed by atoms with Gasteiger partial charge in [-0.2, -0.15) is 8.78 Å². The van der Waals surface area contributed by atoms with E-state index in [-0.39, 0.29) is 29.1 Å². The zero-order chi connectivity index (χ0) is 22.0. The van der Waals surface area contributed by atoms with Crippen LogP contribution in [0.15, 0.2) is 53.7 Å². The van der Waals surface area contributed by atoms with Crippen LogP contribution in [0.3, 0.4) is 0 Å². The highest BCUT2D eigenvalue weighted by Gasteiger charge is 2.26. The molecule has 0 radical (unpaired) electrons. The van der Waals surface area contributed by atoms with E-state index in [1.807, 2.05) is 0 Å². The number of benzene rings is 2. The summed E-state index contributed by atoms with van der Waals surface area (Å²) in [7, 11) is 0. The van der Waals surface area contributed by atoms with Crippen molar-refractivity contribution in [2.45, 2.75) is 17.5 Å². The van der Waals surface area contributed by atoms with Crippen LogP contribution in [0, 0.1) is 5.82 Å². The molecular weight excluding hydrogens is 429 g/mol. The largest absolute Gasteiger partial charge is 0.338 e. The number of imidazole rings is 1. The van der Waals surface area contributed by atoms with Crippen molar-refractivity contribution in [1.82, 2.24) is 19.4 Å². The number of nitrogens with zero attached hydrogens (tertiary/aromatic N) is 4. The first kappa shape index (κ1) is 21.2. The second-order valence-electron chi connectivity index (χ2n) is 7.03. The molecule has 2 amide bonds. The van der Waals surface area contributed by atoms with E-state index in [1.165, 1.54) is 22.8 Å². The van der Waals surface area contributed by atoms with Gasteiger partial charge in [0, 0.05) is 31.7 Å². The zero-order valence-corrected chi connectivity index (χ0v) is 17.2. The highest BCUT2D eigenvalue weighted by molar-refractivity contribution is 7.99. The molecule has 0 bridgehead atoms. The molecule has 4 rings (SSSR count). The third-order valence-electron chi connectivity index (χ3n) is 5.10. The fourth-order valence-corrected chi connectivity index (χ4v) is 4.17. The van der Waals surface area contributed by atoms with Gasteiger partial charge in [-0.1, -0.05) is 18.2 Å². The lowest BCUT2D eigenvalue weighted by molar-refractivity contribution is -0.133. The molecule has 31 heavy (non-hydrogen) atoms. The standard InChI is InChI=1S/C21H19F3N4O2S/c22-15-5-3-4-14(12-15)19(30)27-10-8-26(9-11-27)18(29)13-28-17-7-2-1-6-16(17)25-21(28)31-20(23)24/h1-7,12,20H,8-11,13H2. The van der Waals surface area contributed by atoms with Crippen LogP contribution in [0.1, 0.15) is 10.4 Å². The van der Waals surface area contributed by atoms with Gasteiger partial charge in [0.1, 0.15) is 12.4 Å². The number of carbonyl (C=O) groups excluding carboxylic acids is 2. The monoisotopic (exact) mass is 448 g/mol. The molecule has 0 N–H and O–H groups in total. The molecule has 1 aliphatic heterocycles. The van der Waals surface area contributed by atoms with Crippen LogP contribution in [0.25, 0.3) is 11.0 Å². The molecule has 162 valence electrons. The molecule has 0 unspecified atom stereocenters. The Labute approximate surface area is 180 Å². The number of alkyl halides is 2. The van der Waals surface area contributed by atoms with Crippen LogP contribution in [-0.2, 0) is 11.3 Å². The summed E-state index contributed by atoms with van der Waals surface area (Å²) in [5.41, 5.74) is 1.42. The van der Waals surface area contributed by atoms with Gasteiger partial charge in [0.25, 0.3) is 11.7 Å². The summed E-state index contributed by atoms with van der Waals surface area (Å²) in [4.78, 5) is 32.8. The van der Waals surface area contributed by atoms with Crippen LogP contribution in [0.2, 0.25) is 0 Å². The fraction of sp³-hybridized carbons (Fsp3) is 0.286. The fourth-order valence-electron chi connectivity index (χ4n) is 3.57. The summed E-state index contributed by atoms with van der Waals surface area (Å²) >= 11 is 0.307. The average Bonchev–Trinajstić information content (AvgIpc) is 3.09. The van der Waals surface area contributed by atoms with Crippen molar-refractivity contribution < 1.29 is 22.8 Å². The Morgan fingerprint density at radius 2 is 1.71 bits per heavy atom. The van der Waals surface area contributed by atoms with Crippen LogP contribution in [0.4, 0.5) is 13.2 Å². The Balaban J connectivity index is 1.43. The van der Waals surface area contributed by atoms with Gasteiger partial charge in [0.2, 0.25) is 5.91 Å². The molecule has 10 heteroatoms. The molecule has 6 nitrogen and oxygen atoms in total. The van der Waals surface area contributed by atoms with Gasteiger partial charge in [-0.3, -0.25) is 9.59 Å². The lowest BCUT2D eigenvalue weighted by Crippen LogP contribution is -2.51. The lowest BCUT2D eigenvalue weighted by atomic mass is 10.1. The molecule has 1 aromatic heterocycles. The summed E-state index contributed by atoms with van der Waals surface area (Å²) in [6.45, 7) is 1.12. The first-order valence-corrected chi connectivity index (χ1v) is 10.5. The quantitative estimate of drug-likeness (QED) is 0.561. The summed E-state index contributed by atoms with van der Waals surface area (Å²) in [6.07, 6.45) is 0. The predicted molar refractivity (Wildman–Crippen MR) is 110 cm³/mol. The number of fused-ring (bicyclic) bond motifs is 1. The van der Waals surface area contributed by atoms with Gasteiger partial charge in [-0.05, 0) is 42.1 Å². The van der Waals surface area contributed by atoms with E-state index in [0.717, 1.165) is 0 Å². The van der Waals surface area contributed by atoms with Gasteiger partial charge in [0.15, 0.2) is 5.16 Å². The molecule has 2 aromatic carbocycles. The minimum atomic E-state index is -2.65. The lowest BCUT2D eigenvalue weighted by Gasteiger charge is -2.35. The molecule has 2 heterocycles. The van der Waals surface area contributed by atoms with E-state index in [9.17, 15) is 22.8 Å². The number of rotatable bonds is 5. The number of piperazine rings is 1. The van der Waals surface area contributed by atoms with Crippen molar-refractivity contribution in [3.8, 4) is 0 Å². The first-order valence-electron chi connectivity index (χ1n) is 9.65. The number of para-hydroxylation sites is 2. The highest BCUT2D eigenvalue weighted by Crippen LogP contribution is 2.28. The van der Waals surface area contributed by atoms with Gasteiger partial charge in [-0.15, -0.1) is 0 Å². The Morgan fingerprint density at radius 1 is 1.00 bits per heavy atom. The number of aromatic nitrogens is 2. The molecule has 0 aliphatic carbocycles. The van der Waals surface area contributed by atoms with E-state index in [0.29, 0.717) is 49.0 Å². The summed E-state index contributed by atoms with van der Waals surface area (Å²) in [5.74, 6) is -3.66. The van der Waals surface area contributed by atoms with Crippen LogP contribution >= 0.6 is 11.8 Å². The number of hydrogen-bond acceptors (Lipinski definition) is 4. The summed E-state index contributed by atoms with van der Waals surface area (Å²) in [5, 5.41) is 0.0875. The third-order valence-corrected chi connectivity index (χ3v) is 5.80. The maximum absolute atomic E-state index is 13.4. The normalized spacial score (nSPS) is 14.5. The van der Waals surface area contributed by atoms with E-state index in [2.05, 4.69) is 4.98 Å². The van der Waals surface area contributed by atoms with Gasteiger partial charge in [-0.25, -0.2) is 9.37 Å². The summed E-state index contributed by atoms with van der Waals surface area (Å²) in [6, 6.07) is 12.5. The van der Waals surface area contributed by atoms with E-state index in [1.54, 1.807) is 40.1 Å². The van der Waals surface area contributed by atoms with Crippen molar-refractivity contribution in [2.75, 3.05) is 26.2 Å². The molecule has 0 saturated carbocycles. The molecular formula is C21H19F3N4O2S. The topological polar surface area (TPSA) is 58.4 Å². The minimum Gasteiger partial charge on any atom is -0.338 e. The van der Waals surface area contributed by atoms with E-state index in [4.69, 9.17) is 0 Å². The van der Waals surface area contributed by atoms with Crippen LogP contribution in [0.5, 0.6) is 0 Å². The number of hydrogen-bond donors (Lipinski definition) is 0. The Bertz CT molecular complexity index is 1110. The molecule has 1 fully saturated rings. The molecule has 1 aliphatic rings. The minimum absolute atomic E-state index is 0.0875. The Kier molecular flexibility index (Phi) is 6.17. The molecule has 3 aromatic rings. The average molecular weight is 448 g/mol. The van der Waals surface area contributed by atoms with E-state index < -0.39 is 11.6 Å². The van der Waals surface area contributed by atoms with Crippen molar-refractivity contribution in [3.05, 3.63) is 59.9 Å². The van der Waals surface area contributed by atoms with Crippen molar-refractivity contribution in [1.29, 1.82) is 0 Å². The van der Waals surface area contributed by atoms with Crippen LogP contribution < -0.4 is 0 Å². The zero-order valence-electron chi connectivity index (χ0n) is 16.4. The third kappa shape index (κ3) is 4.68. The Hall–Kier alpha value is -3.01. The number of thioether (sulfide) groups is 1. The predicted octanol–water partition coefficient (Wildman–Crippen LogP) is 3.47. The first-order chi connectivity index (χ1) is 14.9. The number of carbonyl (C=O) groups is 2. The summed E-state index contributed by atoms with van der Waals surface area (Å²) < 4.78 is 40.8.